The molecule has 0 fully saturated rings. The summed E-state index contributed by atoms with van der Waals surface area (Å²) < 4.78 is 2.36. The van der Waals surface area contributed by atoms with Crippen LogP contribution in [-0.4, -0.2) is 14.5 Å². The molecule has 1 spiro atoms. The number of benzene rings is 11. The molecular weight excluding hydrogens is 885 g/mol. The second-order valence-electron chi connectivity index (χ2n) is 19.2. The van der Waals surface area contributed by atoms with Gasteiger partial charge in [0.1, 0.15) is 0 Å². The maximum Gasteiger partial charge on any atom is 0.0973 e. The summed E-state index contributed by atoms with van der Waals surface area (Å²) in [4.78, 5) is 13.4. The molecule has 0 unspecified atom stereocenters. The molecule has 2 heterocycles. The highest BCUT2D eigenvalue weighted by Crippen LogP contribution is 2.63. The van der Waals surface area contributed by atoms with E-state index in [1.807, 2.05) is 0 Å². The normalized spacial score (nSPS) is 12.8. The number of para-hydroxylation sites is 4. The van der Waals surface area contributed by atoms with Gasteiger partial charge in [-0.15, -0.1) is 0 Å². The number of aromatic nitrogens is 3. The average molecular weight is 929 g/mol. The fourth-order valence-corrected chi connectivity index (χ4v) is 12.3. The van der Waals surface area contributed by atoms with Crippen molar-refractivity contribution in [1.82, 2.24) is 14.5 Å². The summed E-state index contributed by atoms with van der Waals surface area (Å²) in [5.74, 6) is 0. The van der Waals surface area contributed by atoms with Gasteiger partial charge < -0.3 is 9.47 Å². The molecular formula is C69H44N4. The molecule has 2 aliphatic rings. The van der Waals surface area contributed by atoms with Gasteiger partial charge in [-0.25, -0.2) is 9.97 Å². The Morgan fingerprint density at radius 1 is 0.315 bits per heavy atom. The van der Waals surface area contributed by atoms with Crippen LogP contribution < -0.4 is 4.90 Å². The van der Waals surface area contributed by atoms with Gasteiger partial charge in [0, 0.05) is 50.2 Å². The molecule has 0 N–H and O–H groups in total. The predicted octanol–water partition coefficient (Wildman–Crippen LogP) is 17.5. The lowest BCUT2D eigenvalue weighted by Crippen LogP contribution is -2.25. The molecule has 0 saturated heterocycles. The van der Waals surface area contributed by atoms with E-state index in [-0.39, 0.29) is 0 Å². The second kappa shape index (κ2) is 16.2. The maximum absolute atomic E-state index is 5.61. The van der Waals surface area contributed by atoms with E-state index in [0.29, 0.717) is 0 Å². The highest BCUT2D eigenvalue weighted by Gasteiger charge is 2.51. The molecule has 2 aromatic heterocycles. The van der Waals surface area contributed by atoms with Crippen molar-refractivity contribution < 1.29 is 0 Å². The summed E-state index contributed by atoms with van der Waals surface area (Å²) in [6, 6.07) is 96.6. The summed E-state index contributed by atoms with van der Waals surface area (Å²) in [5.41, 5.74) is 24.4. The largest absolute Gasteiger partial charge is 0.311 e. The lowest BCUT2D eigenvalue weighted by Gasteiger charge is -2.30. The van der Waals surface area contributed by atoms with E-state index in [1.165, 1.54) is 66.3 Å². The van der Waals surface area contributed by atoms with E-state index in [4.69, 9.17) is 9.97 Å². The monoisotopic (exact) mass is 928 g/mol. The van der Waals surface area contributed by atoms with E-state index in [1.54, 1.807) is 0 Å². The Hall–Kier alpha value is -9.64. The summed E-state index contributed by atoms with van der Waals surface area (Å²) in [6.07, 6.45) is 0. The van der Waals surface area contributed by atoms with Gasteiger partial charge in [-0.3, -0.25) is 0 Å². The maximum atomic E-state index is 5.61. The fourth-order valence-electron chi connectivity index (χ4n) is 12.3. The lowest BCUT2D eigenvalue weighted by molar-refractivity contribution is 0.794. The summed E-state index contributed by atoms with van der Waals surface area (Å²) in [5, 5.41) is 2.50. The standard InChI is InChI=1S/C69H44N4/c1-3-18-45(19-4-1)67-66(46-34-37-49(38-35-46)72(48-20-5-2-6-21-48)50-39-41-51(42-40-50)73-64-32-15-10-25-56(64)57-26-11-16-33-65(57)73)70-63-31-17-27-52(68(63)71-67)47-36-43-62-58(44-47)55-24-9-14-30-61(55)69(62)59-28-12-7-22-53(59)54-23-8-13-29-60(54)69/h1-44H. The van der Waals surface area contributed by atoms with Crippen LogP contribution in [0.4, 0.5) is 17.1 Å². The van der Waals surface area contributed by atoms with Crippen molar-refractivity contribution in [2.45, 2.75) is 5.41 Å². The van der Waals surface area contributed by atoms with Gasteiger partial charge in [-0.05, 0) is 123 Å². The summed E-state index contributed by atoms with van der Waals surface area (Å²) in [6.45, 7) is 0. The Labute approximate surface area is 423 Å². The molecule has 0 atom stereocenters. The number of fused-ring (bicyclic) bond motifs is 14. The van der Waals surface area contributed by atoms with Gasteiger partial charge in [-0.2, -0.15) is 0 Å². The number of hydrogen-bond acceptors (Lipinski definition) is 3. The first-order valence-corrected chi connectivity index (χ1v) is 25.1. The van der Waals surface area contributed by atoms with Gasteiger partial charge in [0.05, 0.1) is 38.9 Å². The molecule has 0 bridgehead atoms. The van der Waals surface area contributed by atoms with Crippen LogP contribution in [0.25, 0.3) is 94.4 Å². The van der Waals surface area contributed by atoms with E-state index in [0.717, 1.165) is 67.4 Å². The third-order valence-electron chi connectivity index (χ3n) is 15.4. The SMILES string of the molecule is c1ccc(-c2nc3c(-c4ccc5c(c4)-c4ccccc4C54c5ccccc5-c5ccccc54)cccc3nc2-c2ccc(N(c3ccccc3)c3ccc(-n4c5ccccc5c5ccccc54)cc3)cc2)cc1. The van der Waals surface area contributed by atoms with Crippen molar-refractivity contribution in [2.75, 3.05) is 4.90 Å². The fraction of sp³-hybridized carbons (Fsp3) is 0.0145. The average Bonchev–Trinajstić information content (AvgIpc) is 4.16. The van der Waals surface area contributed by atoms with Crippen molar-refractivity contribution in [1.29, 1.82) is 0 Å². The van der Waals surface area contributed by atoms with Gasteiger partial charge in [0.2, 0.25) is 0 Å². The Kier molecular flexibility index (Phi) is 9.14. The van der Waals surface area contributed by atoms with Crippen LogP contribution in [0.2, 0.25) is 0 Å². The van der Waals surface area contributed by atoms with Crippen molar-refractivity contribution in [3.63, 3.8) is 0 Å². The Morgan fingerprint density at radius 2 is 0.767 bits per heavy atom. The number of rotatable bonds is 7. The van der Waals surface area contributed by atoms with Crippen LogP contribution in [0.5, 0.6) is 0 Å². The minimum Gasteiger partial charge on any atom is -0.311 e. The van der Waals surface area contributed by atoms with Crippen LogP contribution in [0.1, 0.15) is 22.3 Å². The number of hydrogen-bond donors (Lipinski definition) is 0. The zero-order chi connectivity index (χ0) is 48.0. The van der Waals surface area contributed by atoms with E-state index in [2.05, 4.69) is 276 Å². The molecule has 340 valence electrons. The minimum absolute atomic E-state index is 0.391. The molecule has 4 nitrogen and oxygen atoms in total. The zero-order valence-electron chi connectivity index (χ0n) is 39.7. The Bertz CT molecular complexity index is 4210. The van der Waals surface area contributed by atoms with Gasteiger partial charge in [-0.1, -0.05) is 194 Å². The van der Waals surface area contributed by atoms with Crippen LogP contribution in [-0.2, 0) is 5.41 Å². The topological polar surface area (TPSA) is 34.0 Å². The number of anilines is 3. The molecule has 0 aliphatic heterocycles. The summed E-state index contributed by atoms with van der Waals surface area (Å²) in [7, 11) is 0. The van der Waals surface area contributed by atoms with Crippen molar-refractivity contribution in [2.24, 2.45) is 0 Å². The Morgan fingerprint density at radius 3 is 1.40 bits per heavy atom. The quantitative estimate of drug-likeness (QED) is 0.160. The van der Waals surface area contributed by atoms with Crippen LogP contribution in [0.3, 0.4) is 0 Å². The molecule has 0 radical (unpaired) electrons. The first-order chi connectivity index (χ1) is 36.2. The third kappa shape index (κ3) is 6.14. The molecule has 0 saturated carbocycles. The van der Waals surface area contributed by atoms with Crippen LogP contribution in [0, 0.1) is 0 Å². The molecule has 73 heavy (non-hydrogen) atoms. The molecule has 2 aliphatic carbocycles. The molecule has 0 amide bonds. The molecule has 11 aromatic carbocycles. The van der Waals surface area contributed by atoms with Gasteiger partial charge >= 0.3 is 0 Å². The Balaban J connectivity index is 0.833. The second-order valence-corrected chi connectivity index (χ2v) is 19.2. The van der Waals surface area contributed by atoms with E-state index >= 15 is 0 Å². The first-order valence-electron chi connectivity index (χ1n) is 25.1. The lowest BCUT2D eigenvalue weighted by atomic mass is 9.70. The highest BCUT2D eigenvalue weighted by atomic mass is 15.1. The number of nitrogens with zero attached hydrogens (tertiary/aromatic N) is 4. The highest BCUT2D eigenvalue weighted by molar-refractivity contribution is 6.09. The zero-order valence-corrected chi connectivity index (χ0v) is 39.7. The molecule has 15 rings (SSSR count). The van der Waals surface area contributed by atoms with E-state index in [9.17, 15) is 0 Å². The molecule has 4 heteroatoms. The summed E-state index contributed by atoms with van der Waals surface area (Å²) >= 11 is 0. The van der Waals surface area contributed by atoms with Crippen LogP contribution in [0.15, 0.2) is 267 Å². The van der Waals surface area contributed by atoms with Crippen LogP contribution >= 0.6 is 0 Å². The van der Waals surface area contributed by atoms with Crippen molar-refractivity contribution in [3.05, 3.63) is 289 Å². The molecule has 13 aromatic rings. The van der Waals surface area contributed by atoms with Gasteiger partial charge in [0.25, 0.3) is 0 Å². The van der Waals surface area contributed by atoms with Crippen molar-refractivity contribution in [3.8, 4) is 61.6 Å². The predicted molar refractivity (Wildman–Crippen MR) is 301 cm³/mol. The van der Waals surface area contributed by atoms with E-state index < -0.39 is 5.41 Å². The van der Waals surface area contributed by atoms with Gasteiger partial charge in [0.15, 0.2) is 0 Å². The minimum atomic E-state index is -0.391. The third-order valence-corrected chi connectivity index (χ3v) is 15.4. The smallest absolute Gasteiger partial charge is 0.0973 e. The first kappa shape index (κ1) is 41.2. The van der Waals surface area contributed by atoms with Crippen molar-refractivity contribution >= 4 is 49.9 Å².